The standard InChI is InChI=1S/C11H18O2/c1-5-6-10(12)7-9(4)11(13)8(2)3/h8H,4-7H2,1-3H3. The van der Waals surface area contributed by atoms with E-state index in [0.29, 0.717) is 12.0 Å². The van der Waals surface area contributed by atoms with Crippen molar-refractivity contribution in [1.29, 1.82) is 0 Å². The molecule has 0 N–H and O–H groups in total. The summed E-state index contributed by atoms with van der Waals surface area (Å²) in [4.78, 5) is 22.5. The Kier molecular flexibility index (Phi) is 5.28. The van der Waals surface area contributed by atoms with Crippen molar-refractivity contribution in [1.82, 2.24) is 0 Å². The molecule has 74 valence electrons. The van der Waals surface area contributed by atoms with Gasteiger partial charge in [-0.05, 0) is 12.0 Å². The zero-order valence-electron chi connectivity index (χ0n) is 8.72. The molecule has 0 atom stereocenters. The van der Waals surface area contributed by atoms with Gasteiger partial charge in [0.25, 0.3) is 0 Å². The summed E-state index contributed by atoms with van der Waals surface area (Å²) in [5.41, 5.74) is 0.452. The first-order chi connectivity index (χ1) is 5.99. The molecule has 0 unspecified atom stereocenters. The second-order valence-electron chi connectivity index (χ2n) is 3.59. The van der Waals surface area contributed by atoms with Crippen molar-refractivity contribution in [2.75, 3.05) is 0 Å². The monoisotopic (exact) mass is 182 g/mol. The van der Waals surface area contributed by atoms with Crippen molar-refractivity contribution in [3.05, 3.63) is 12.2 Å². The average Bonchev–Trinajstić information content (AvgIpc) is 2.03. The molecule has 0 bridgehead atoms. The summed E-state index contributed by atoms with van der Waals surface area (Å²) in [5.74, 6) is 0.0629. The van der Waals surface area contributed by atoms with E-state index in [2.05, 4.69) is 6.58 Å². The zero-order chi connectivity index (χ0) is 10.4. The van der Waals surface area contributed by atoms with Crippen LogP contribution in [0.5, 0.6) is 0 Å². The molecular weight excluding hydrogens is 164 g/mol. The van der Waals surface area contributed by atoms with Crippen molar-refractivity contribution in [3.8, 4) is 0 Å². The molecular formula is C11H18O2. The van der Waals surface area contributed by atoms with Gasteiger partial charge in [-0.15, -0.1) is 0 Å². The molecule has 2 heteroatoms. The molecule has 0 heterocycles. The molecule has 2 nitrogen and oxygen atoms in total. The Morgan fingerprint density at radius 3 is 2.23 bits per heavy atom. The molecule has 0 spiro atoms. The van der Waals surface area contributed by atoms with Crippen molar-refractivity contribution in [2.24, 2.45) is 5.92 Å². The van der Waals surface area contributed by atoms with Gasteiger partial charge in [0, 0.05) is 18.8 Å². The van der Waals surface area contributed by atoms with E-state index in [9.17, 15) is 9.59 Å². The quantitative estimate of drug-likeness (QED) is 0.591. The maximum atomic E-state index is 11.3. The van der Waals surface area contributed by atoms with Crippen molar-refractivity contribution in [2.45, 2.75) is 40.0 Å². The van der Waals surface area contributed by atoms with Gasteiger partial charge in [-0.1, -0.05) is 27.4 Å². The van der Waals surface area contributed by atoms with Crippen LogP contribution in [0.3, 0.4) is 0 Å². The van der Waals surface area contributed by atoms with E-state index in [4.69, 9.17) is 0 Å². The summed E-state index contributed by atoms with van der Waals surface area (Å²) in [7, 11) is 0. The molecule has 0 saturated carbocycles. The van der Waals surface area contributed by atoms with Crippen molar-refractivity contribution >= 4 is 11.6 Å². The Bertz CT molecular complexity index is 214. The smallest absolute Gasteiger partial charge is 0.161 e. The highest BCUT2D eigenvalue weighted by atomic mass is 16.1. The molecule has 0 aromatic rings. The maximum absolute atomic E-state index is 11.3. The lowest BCUT2D eigenvalue weighted by Crippen LogP contribution is -2.12. The topological polar surface area (TPSA) is 34.1 Å². The number of carbonyl (C=O) groups is 2. The second-order valence-corrected chi connectivity index (χ2v) is 3.59. The largest absolute Gasteiger partial charge is 0.299 e. The summed E-state index contributed by atoms with van der Waals surface area (Å²) in [6.45, 7) is 9.21. The third-order valence-electron chi connectivity index (χ3n) is 1.81. The number of rotatable bonds is 6. The lowest BCUT2D eigenvalue weighted by atomic mass is 9.97. The Balaban J connectivity index is 4.01. The lowest BCUT2D eigenvalue weighted by Gasteiger charge is -2.05. The predicted octanol–water partition coefficient (Wildman–Crippen LogP) is 2.53. The summed E-state index contributed by atoms with van der Waals surface area (Å²) in [6.07, 6.45) is 1.61. The Hall–Kier alpha value is -0.920. The highest BCUT2D eigenvalue weighted by Gasteiger charge is 2.13. The number of Topliss-reactive ketones (excluding diaryl/α,β-unsaturated/α-hetero) is 2. The van der Waals surface area contributed by atoms with Gasteiger partial charge < -0.3 is 0 Å². The highest BCUT2D eigenvalue weighted by molar-refractivity contribution is 6.00. The average molecular weight is 182 g/mol. The SMILES string of the molecule is C=C(CC(=O)CCC)C(=O)C(C)C. The molecule has 0 aromatic carbocycles. The van der Waals surface area contributed by atoms with Gasteiger partial charge in [0.15, 0.2) is 5.78 Å². The summed E-state index contributed by atoms with van der Waals surface area (Å²) in [6, 6.07) is 0. The summed E-state index contributed by atoms with van der Waals surface area (Å²) < 4.78 is 0. The summed E-state index contributed by atoms with van der Waals surface area (Å²) >= 11 is 0. The van der Waals surface area contributed by atoms with E-state index in [0.717, 1.165) is 6.42 Å². The van der Waals surface area contributed by atoms with Gasteiger partial charge in [-0.3, -0.25) is 9.59 Å². The van der Waals surface area contributed by atoms with E-state index in [1.165, 1.54) is 0 Å². The first-order valence-electron chi connectivity index (χ1n) is 4.72. The summed E-state index contributed by atoms with van der Waals surface area (Å²) in [5, 5.41) is 0. The predicted molar refractivity (Wildman–Crippen MR) is 53.5 cm³/mol. The molecule has 0 amide bonds. The zero-order valence-corrected chi connectivity index (χ0v) is 8.72. The normalized spacial score (nSPS) is 10.2. The minimum Gasteiger partial charge on any atom is -0.299 e. The molecule has 0 saturated heterocycles. The van der Waals surface area contributed by atoms with Crippen molar-refractivity contribution < 1.29 is 9.59 Å². The Morgan fingerprint density at radius 2 is 1.85 bits per heavy atom. The molecule has 13 heavy (non-hydrogen) atoms. The van der Waals surface area contributed by atoms with E-state index in [-0.39, 0.29) is 23.9 Å². The lowest BCUT2D eigenvalue weighted by molar-refractivity contribution is -0.122. The number of carbonyl (C=O) groups excluding carboxylic acids is 2. The van der Waals surface area contributed by atoms with Crippen LogP contribution >= 0.6 is 0 Å². The number of hydrogen-bond donors (Lipinski definition) is 0. The van der Waals surface area contributed by atoms with Crippen LogP contribution in [0.15, 0.2) is 12.2 Å². The van der Waals surface area contributed by atoms with Crippen LogP contribution in [0.1, 0.15) is 40.0 Å². The van der Waals surface area contributed by atoms with Gasteiger partial charge in [-0.2, -0.15) is 0 Å². The van der Waals surface area contributed by atoms with Crippen LogP contribution in [0.25, 0.3) is 0 Å². The minimum atomic E-state index is -0.0538. The van der Waals surface area contributed by atoms with Crippen LogP contribution in [0.4, 0.5) is 0 Å². The fraction of sp³-hybridized carbons (Fsp3) is 0.636. The van der Waals surface area contributed by atoms with Gasteiger partial charge in [-0.25, -0.2) is 0 Å². The number of allylic oxidation sites excluding steroid dienone is 1. The molecule has 0 aliphatic rings. The second kappa shape index (κ2) is 5.68. The number of hydrogen-bond acceptors (Lipinski definition) is 2. The molecule has 0 fully saturated rings. The van der Waals surface area contributed by atoms with Crippen molar-refractivity contribution in [3.63, 3.8) is 0 Å². The fourth-order valence-corrected chi connectivity index (χ4v) is 1.10. The molecule has 0 aliphatic heterocycles. The Labute approximate surface area is 80.0 Å². The van der Waals surface area contributed by atoms with Crippen LogP contribution in [-0.2, 0) is 9.59 Å². The third kappa shape index (κ3) is 4.61. The van der Waals surface area contributed by atoms with Gasteiger partial charge in [0.05, 0.1) is 0 Å². The van der Waals surface area contributed by atoms with Gasteiger partial charge in [0.2, 0.25) is 0 Å². The molecule has 0 aliphatic carbocycles. The van der Waals surface area contributed by atoms with E-state index in [1.807, 2.05) is 20.8 Å². The van der Waals surface area contributed by atoms with Crippen LogP contribution in [0, 0.1) is 5.92 Å². The first kappa shape index (κ1) is 12.1. The first-order valence-corrected chi connectivity index (χ1v) is 4.72. The molecule has 0 radical (unpaired) electrons. The maximum Gasteiger partial charge on any atom is 0.161 e. The van der Waals surface area contributed by atoms with E-state index in [1.54, 1.807) is 0 Å². The van der Waals surface area contributed by atoms with Crippen LogP contribution in [-0.4, -0.2) is 11.6 Å². The molecule has 0 aromatic heterocycles. The van der Waals surface area contributed by atoms with Crippen LogP contribution in [0.2, 0.25) is 0 Å². The minimum absolute atomic E-state index is 0.00412. The number of ketones is 2. The van der Waals surface area contributed by atoms with Crippen LogP contribution < -0.4 is 0 Å². The highest BCUT2D eigenvalue weighted by Crippen LogP contribution is 2.09. The fourth-order valence-electron chi connectivity index (χ4n) is 1.10. The van der Waals surface area contributed by atoms with Gasteiger partial charge in [0.1, 0.15) is 5.78 Å². The van der Waals surface area contributed by atoms with E-state index < -0.39 is 0 Å². The van der Waals surface area contributed by atoms with E-state index >= 15 is 0 Å². The third-order valence-corrected chi connectivity index (χ3v) is 1.81. The molecule has 0 rings (SSSR count). The van der Waals surface area contributed by atoms with Gasteiger partial charge >= 0.3 is 0 Å². The Morgan fingerprint density at radius 1 is 1.31 bits per heavy atom.